The minimum Gasteiger partial charge on any atom is -0.409 e. The molecule has 0 spiro atoms. The summed E-state index contributed by atoms with van der Waals surface area (Å²) in [6.45, 7) is 2.84. The van der Waals surface area contributed by atoms with Crippen LogP contribution in [0.1, 0.15) is 19.8 Å². The number of para-hydroxylation sites is 1. The van der Waals surface area contributed by atoms with E-state index >= 15 is 0 Å². The van der Waals surface area contributed by atoms with E-state index < -0.39 is 9.84 Å². The molecule has 6 nitrogen and oxygen atoms in total. The number of sulfone groups is 1. The summed E-state index contributed by atoms with van der Waals surface area (Å²) < 4.78 is 23.1. The second kappa shape index (κ2) is 8.51. The van der Waals surface area contributed by atoms with Gasteiger partial charge in [0.25, 0.3) is 0 Å². The maximum Gasteiger partial charge on any atom is 0.150 e. The van der Waals surface area contributed by atoms with Gasteiger partial charge in [-0.1, -0.05) is 30.3 Å². The van der Waals surface area contributed by atoms with Crippen LogP contribution >= 0.6 is 0 Å². The standard InChI is InChI=1S/C14H23N3O3S/c1-2-21(19,20)12-6-10-17(11-9-14(15)16-18)13-7-4-3-5-8-13/h3-5,7-8,18H,2,6,9-12H2,1H3,(H2,15,16). The molecule has 1 aromatic carbocycles. The van der Waals surface area contributed by atoms with Crippen LogP contribution in [0.4, 0.5) is 5.69 Å². The summed E-state index contributed by atoms with van der Waals surface area (Å²) in [6.07, 6.45) is 0.979. The van der Waals surface area contributed by atoms with Crippen LogP contribution in [0.25, 0.3) is 0 Å². The molecule has 0 fully saturated rings. The highest BCUT2D eigenvalue weighted by atomic mass is 32.2. The van der Waals surface area contributed by atoms with Crippen molar-refractivity contribution in [3.63, 3.8) is 0 Å². The van der Waals surface area contributed by atoms with Crippen LogP contribution in [-0.4, -0.2) is 44.1 Å². The topological polar surface area (TPSA) is 96.0 Å². The molecule has 3 N–H and O–H groups in total. The van der Waals surface area contributed by atoms with Crippen molar-refractivity contribution in [1.29, 1.82) is 0 Å². The number of hydrogen-bond acceptors (Lipinski definition) is 5. The Morgan fingerprint density at radius 2 is 1.95 bits per heavy atom. The Morgan fingerprint density at radius 1 is 1.29 bits per heavy atom. The first-order valence-corrected chi connectivity index (χ1v) is 8.77. The summed E-state index contributed by atoms with van der Waals surface area (Å²) in [7, 11) is -2.95. The lowest BCUT2D eigenvalue weighted by atomic mass is 10.2. The van der Waals surface area contributed by atoms with Crippen LogP contribution in [0.2, 0.25) is 0 Å². The number of oxime groups is 1. The predicted octanol–water partition coefficient (Wildman–Crippen LogP) is 1.45. The zero-order valence-corrected chi connectivity index (χ0v) is 13.1. The quantitative estimate of drug-likeness (QED) is 0.311. The highest BCUT2D eigenvalue weighted by Crippen LogP contribution is 2.14. The lowest BCUT2D eigenvalue weighted by Gasteiger charge is -2.24. The van der Waals surface area contributed by atoms with Gasteiger partial charge < -0.3 is 15.8 Å². The number of hydrogen-bond donors (Lipinski definition) is 2. The Morgan fingerprint density at radius 3 is 2.52 bits per heavy atom. The third kappa shape index (κ3) is 6.48. The molecule has 1 aromatic rings. The molecule has 0 aliphatic heterocycles. The second-order valence-corrected chi connectivity index (χ2v) is 7.23. The molecule has 0 saturated heterocycles. The lowest BCUT2D eigenvalue weighted by molar-refractivity contribution is 0.317. The fourth-order valence-corrected chi connectivity index (χ4v) is 2.79. The van der Waals surface area contributed by atoms with Gasteiger partial charge in [-0.05, 0) is 18.6 Å². The second-order valence-electron chi connectivity index (χ2n) is 4.75. The number of rotatable bonds is 9. The monoisotopic (exact) mass is 313 g/mol. The molecule has 0 heterocycles. The summed E-state index contributed by atoms with van der Waals surface area (Å²) in [4.78, 5) is 2.04. The van der Waals surface area contributed by atoms with Gasteiger partial charge in [-0.15, -0.1) is 0 Å². The Bertz CT molecular complexity index is 544. The van der Waals surface area contributed by atoms with Gasteiger partial charge in [0.2, 0.25) is 0 Å². The van der Waals surface area contributed by atoms with E-state index in [9.17, 15) is 8.42 Å². The van der Waals surface area contributed by atoms with Crippen LogP contribution < -0.4 is 10.6 Å². The van der Waals surface area contributed by atoms with E-state index in [1.807, 2.05) is 35.2 Å². The van der Waals surface area contributed by atoms with Crippen molar-refractivity contribution >= 4 is 21.4 Å². The zero-order valence-electron chi connectivity index (χ0n) is 12.3. The summed E-state index contributed by atoms with van der Waals surface area (Å²) in [5, 5.41) is 11.6. The minimum atomic E-state index is -2.95. The van der Waals surface area contributed by atoms with Crippen molar-refractivity contribution in [1.82, 2.24) is 0 Å². The van der Waals surface area contributed by atoms with E-state index in [0.29, 0.717) is 25.9 Å². The van der Waals surface area contributed by atoms with Gasteiger partial charge in [-0.2, -0.15) is 0 Å². The number of amidine groups is 1. The maximum atomic E-state index is 11.5. The van der Waals surface area contributed by atoms with Gasteiger partial charge in [-0.3, -0.25) is 0 Å². The summed E-state index contributed by atoms with van der Waals surface area (Å²) in [5.74, 6) is 0.510. The largest absolute Gasteiger partial charge is 0.409 e. The molecule has 21 heavy (non-hydrogen) atoms. The van der Waals surface area contributed by atoms with Crippen LogP contribution in [-0.2, 0) is 9.84 Å². The van der Waals surface area contributed by atoms with Gasteiger partial charge in [0, 0.05) is 31.0 Å². The first kappa shape index (κ1) is 17.3. The third-order valence-corrected chi connectivity index (χ3v) is 5.00. The third-order valence-electron chi connectivity index (χ3n) is 3.21. The molecular weight excluding hydrogens is 290 g/mol. The summed E-state index contributed by atoms with van der Waals surface area (Å²) >= 11 is 0. The van der Waals surface area contributed by atoms with E-state index in [-0.39, 0.29) is 17.3 Å². The van der Waals surface area contributed by atoms with Gasteiger partial charge >= 0.3 is 0 Å². The Balaban J connectivity index is 2.65. The summed E-state index contributed by atoms with van der Waals surface area (Å²) in [6, 6.07) is 9.69. The van der Waals surface area contributed by atoms with Crippen LogP contribution in [0.15, 0.2) is 35.5 Å². The predicted molar refractivity (Wildman–Crippen MR) is 85.6 cm³/mol. The highest BCUT2D eigenvalue weighted by molar-refractivity contribution is 7.91. The van der Waals surface area contributed by atoms with Crippen molar-refractivity contribution < 1.29 is 13.6 Å². The average Bonchev–Trinajstić information content (AvgIpc) is 2.51. The van der Waals surface area contributed by atoms with Gasteiger partial charge in [0.05, 0.1) is 5.75 Å². The van der Waals surface area contributed by atoms with E-state index in [1.54, 1.807) is 6.92 Å². The molecule has 7 heteroatoms. The lowest BCUT2D eigenvalue weighted by Crippen LogP contribution is -2.30. The molecule has 0 saturated carbocycles. The first-order valence-electron chi connectivity index (χ1n) is 6.95. The van der Waals surface area contributed by atoms with Crippen molar-refractivity contribution in [3.8, 4) is 0 Å². The van der Waals surface area contributed by atoms with Crippen LogP contribution in [0.5, 0.6) is 0 Å². The van der Waals surface area contributed by atoms with E-state index in [4.69, 9.17) is 10.9 Å². The molecule has 0 unspecified atom stereocenters. The molecule has 1 rings (SSSR count). The van der Waals surface area contributed by atoms with Crippen molar-refractivity contribution in [3.05, 3.63) is 30.3 Å². The minimum absolute atomic E-state index is 0.164. The molecule has 0 aliphatic rings. The number of nitrogens with two attached hydrogens (primary N) is 1. The van der Waals surface area contributed by atoms with E-state index in [1.165, 1.54) is 0 Å². The molecular formula is C14H23N3O3S. The van der Waals surface area contributed by atoms with E-state index in [2.05, 4.69) is 5.16 Å². The van der Waals surface area contributed by atoms with E-state index in [0.717, 1.165) is 5.69 Å². The molecule has 0 aliphatic carbocycles. The Hall–Kier alpha value is -1.76. The first-order chi connectivity index (χ1) is 9.98. The average molecular weight is 313 g/mol. The molecule has 0 aromatic heterocycles. The SMILES string of the molecule is CCS(=O)(=O)CCCN(CCC(N)=NO)c1ccccc1. The molecule has 118 valence electrons. The van der Waals surface area contributed by atoms with Crippen molar-refractivity contribution in [2.45, 2.75) is 19.8 Å². The number of nitrogens with zero attached hydrogens (tertiary/aromatic N) is 2. The van der Waals surface area contributed by atoms with Gasteiger partial charge in [0.1, 0.15) is 15.7 Å². The van der Waals surface area contributed by atoms with Crippen LogP contribution in [0.3, 0.4) is 0 Å². The normalized spacial score (nSPS) is 12.3. The van der Waals surface area contributed by atoms with Crippen LogP contribution in [0, 0.1) is 0 Å². The number of anilines is 1. The number of benzene rings is 1. The van der Waals surface area contributed by atoms with Gasteiger partial charge in [0.15, 0.2) is 0 Å². The fraction of sp³-hybridized carbons (Fsp3) is 0.500. The van der Waals surface area contributed by atoms with Crippen molar-refractivity contribution in [2.24, 2.45) is 10.9 Å². The maximum absolute atomic E-state index is 11.5. The van der Waals surface area contributed by atoms with Gasteiger partial charge in [-0.25, -0.2) is 8.42 Å². The zero-order chi connectivity index (χ0) is 15.7. The Kier molecular flexibility index (Phi) is 7.01. The summed E-state index contributed by atoms with van der Waals surface area (Å²) in [5.41, 5.74) is 6.49. The Labute approximate surface area is 126 Å². The highest BCUT2D eigenvalue weighted by Gasteiger charge is 2.11. The molecule has 0 atom stereocenters. The molecule has 0 amide bonds. The van der Waals surface area contributed by atoms with Crippen molar-refractivity contribution in [2.75, 3.05) is 29.5 Å². The molecule has 0 bridgehead atoms. The fourth-order valence-electron chi connectivity index (χ4n) is 1.93. The smallest absolute Gasteiger partial charge is 0.150 e. The molecule has 0 radical (unpaired) electrons.